The Labute approximate surface area is 165 Å². The number of rotatable bonds is 9. The fourth-order valence-electron chi connectivity index (χ4n) is 3.13. The van der Waals surface area contributed by atoms with E-state index in [4.69, 9.17) is 9.94 Å². The number of nitrogens with one attached hydrogen (secondary N) is 1. The lowest BCUT2D eigenvalue weighted by Gasteiger charge is -2.35. The van der Waals surface area contributed by atoms with Crippen LogP contribution in [0.1, 0.15) is 5.56 Å². The molecule has 3 rings (SSSR count). The second-order valence-corrected chi connectivity index (χ2v) is 8.65. The maximum Gasteiger partial charge on any atom is 0.216 e. The molecule has 0 amide bonds. The van der Waals surface area contributed by atoms with Gasteiger partial charge < -0.3 is 14.8 Å². The number of sulfonamides is 1. The number of anilines is 1. The van der Waals surface area contributed by atoms with Crippen LogP contribution in [-0.4, -0.2) is 67.5 Å². The number of nitrogens with zero attached hydrogens (tertiary/aromatic N) is 3. The molecule has 0 spiro atoms. The van der Waals surface area contributed by atoms with Gasteiger partial charge in [0, 0.05) is 38.9 Å². The third kappa shape index (κ3) is 5.73. The van der Waals surface area contributed by atoms with Gasteiger partial charge in [0.1, 0.15) is 5.82 Å². The smallest absolute Gasteiger partial charge is 0.216 e. The molecule has 28 heavy (non-hydrogen) atoms. The molecular weight excluding hydrogens is 380 g/mol. The summed E-state index contributed by atoms with van der Waals surface area (Å²) in [5.74, 6) is 0.671. The normalized spacial score (nSPS) is 16.8. The average Bonchev–Trinajstić information content (AvgIpc) is 2.73. The first-order chi connectivity index (χ1) is 13.6. The van der Waals surface area contributed by atoms with Crippen molar-refractivity contribution in [1.29, 1.82) is 0 Å². The van der Waals surface area contributed by atoms with Crippen molar-refractivity contribution in [3.8, 4) is 0 Å². The summed E-state index contributed by atoms with van der Waals surface area (Å²) in [6.07, 6.45) is 1.08. The Kier molecular flexibility index (Phi) is 7.35. The van der Waals surface area contributed by atoms with E-state index in [1.807, 2.05) is 54.0 Å². The van der Waals surface area contributed by atoms with Crippen molar-refractivity contribution < 1.29 is 18.4 Å². The number of aromatic nitrogens is 1. The molecule has 2 aromatic rings. The summed E-state index contributed by atoms with van der Waals surface area (Å²) in [6.45, 7) is 2.30. The Hall–Kier alpha value is -2.04. The molecule has 1 aromatic heterocycles. The van der Waals surface area contributed by atoms with Crippen LogP contribution in [0.5, 0.6) is 0 Å². The minimum Gasteiger partial charge on any atom is -0.371 e. The summed E-state index contributed by atoms with van der Waals surface area (Å²) in [5, 5.41) is 9.05. The molecule has 1 atom stereocenters. The van der Waals surface area contributed by atoms with Crippen LogP contribution < -0.4 is 10.4 Å². The third-order valence-corrected chi connectivity index (χ3v) is 6.59. The Morgan fingerprint density at radius 2 is 1.79 bits per heavy atom. The van der Waals surface area contributed by atoms with Crippen LogP contribution in [0.3, 0.4) is 0 Å². The van der Waals surface area contributed by atoms with Crippen molar-refractivity contribution in [3.05, 3.63) is 60.3 Å². The van der Waals surface area contributed by atoms with E-state index in [1.165, 1.54) is 4.31 Å². The monoisotopic (exact) mass is 406 g/mol. The van der Waals surface area contributed by atoms with Crippen molar-refractivity contribution in [1.82, 2.24) is 14.8 Å². The lowest BCUT2D eigenvalue weighted by atomic mass is 10.2. The van der Waals surface area contributed by atoms with Crippen molar-refractivity contribution in [2.75, 3.05) is 43.4 Å². The van der Waals surface area contributed by atoms with Crippen LogP contribution in [0.15, 0.2) is 54.7 Å². The number of hydrogen-bond acceptors (Lipinski definition) is 7. The van der Waals surface area contributed by atoms with Crippen molar-refractivity contribution in [2.24, 2.45) is 0 Å². The van der Waals surface area contributed by atoms with Gasteiger partial charge in [-0.1, -0.05) is 36.4 Å². The number of pyridine rings is 1. The summed E-state index contributed by atoms with van der Waals surface area (Å²) >= 11 is 0. The van der Waals surface area contributed by atoms with Crippen LogP contribution >= 0.6 is 0 Å². The third-order valence-electron chi connectivity index (χ3n) is 4.65. The highest BCUT2D eigenvalue weighted by Crippen LogP contribution is 2.16. The van der Waals surface area contributed by atoms with E-state index in [2.05, 4.69) is 9.88 Å². The minimum atomic E-state index is -3.50. The molecule has 1 aliphatic rings. The zero-order chi connectivity index (χ0) is 19.8. The fraction of sp³-hybridized carbons (Fsp3) is 0.421. The first kappa shape index (κ1) is 20.7. The van der Waals surface area contributed by atoms with E-state index >= 15 is 0 Å². The first-order valence-electron chi connectivity index (χ1n) is 9.25. The quantitative estimate of drug-likeness (QED) is 0.602. The predicted octanol–water partition coefficient (Wildman–Crippen LogP) is 1.10. The summed E-state index contributed by atoms with van der Waals surface area (Å²) in [4.78, 5) is 6.39. The number of hydroxylamine groups is 1. The molecule has 8 nitrogen and oxygen atoms in total. The Bertz CT molecular complexity index is 812. The van der Waals surface area contributed by atoms with E-state index in [0.717, 1.165) is 11.4 Å². The molecule has 1 saturated heterocycles. The van der Waals surface area contributed by atoms with Crippen LogP contribution in [0.25, 0.3) is 0 Å². The topological polar surface area (TPSA) is 95.0 Å². The fourth-order valence-corrected chi connectivity index (χ4v) is 4.75. The molecule has 0 radical (unpaired) electrons. The molecule has 0 saturated carbocycles. The summed E-state index contributed by atoms with van der Waals surface area (Å²) < 4.78 is 32.9. The number of benzene rings is 1. The van der Waals surface area contributed by atoms with Gasteiger partial charge in [-0.15, -0.1) is 0 Å². The summed E-state index contributed by atoms with van der Waals surface area (Å²) in [7, 11) is -3.50. The van der Waals surface area contributed by atoms with Gasteiger partial charge in [0.15, 0.2) is 0 Å². The number of ether oxygens (including phenoxy) is 1. The molecule has 0 aliphatic carbocycles. The van der Waals surface area contributed by atoms with Gasteiger partial charge in [-0.3, -0.25) is 0 Å². The van der Waals surface area contributed by atoms with Gasteiger partial charge in [-0.2, -0.15) is 4.31 Å². The van der Waals surface area contributed by atoms with Gasteiger partial charge in [0.2, 0.25) is 10.0 Å². The van der Waals surface area contributed by atoms with Crippen molar-refractivity contribution in [2.45, 2.75) is 12.7 Å². The molecule has 9 heteroatoms. The van der Waals surface area contributed by atoms with Gasteiger partial charge >= 0.3 is 0 Å². The van der Waals surface area contributed by atoms with Crippen LogP contribution in [-0.2, 0) is 21.4 Å². The highest BCUT2D eigenvalue weighted by Gasteiger charge is 2.30. The number of hydrogen-bond donors (Lipinski definition) is 2. The Morgan fingerprint density at radius 1 is 1.07 bits per heavy atom. The number of piperazine rings is 1. The maximum absolute atomic E-state index is 12.8. The summed E-state index contributed by atoms with van der Waals surface area (Å²) in [6, 6.07) is 15.2. The lowest BCUT2D eigenvalue weighted by Crippen LogP contribution is -2.51. The van der Waals surface area contributed by atoms with Crippen LogP contribution in [0.2, 0.25) is 0 Å². The Balaban J connectivity index is 1.55. The van der Waals surface area contributed by atoms with E-state index in [9.17, 15) is 8.42 Å². The lowest BCUT2D eigenvalue weighted by molar-refractivity contribution is 0.0259. The zero-order valence-corrected chi connectivity index (χ0v) is 16.5. The van der Waals surface area contributed by atoms with Crippen molar-refractivity contribution in [3.63, 3.8) is 0 Å². The average molecular weight is 407 g/mol. The molecule has 152 valence electrons. The van der Waals surface area contributed by atoms with E-state index in [-0.39, 0.29) is 18.9 Å². The van der Waals surface area contributed by atoms with E-state index in [1.54, 1.807) is 6.20 Å². The van der Waals surface area contributed by atoms with Gasteiger partial charge in [0.05, 0.1) is 18.5 Å². The minimum absolute atomic E-state index is 0.0416. The molecule has 1 unspecified atom stereocenters. The molecule has 2 N–H and O–H groups in total. The molecule has 2 heterocycles. The Morgan fingerprint density at radius 3 is 2.43 bits per heavy atom. The largest absolute Gasteiger partial charge is 0.371 e. The molecule has 1 aromatic carbocycles. The van der Waals surface area contributed by atoms with E-state index in [0.29, 0.717) is 26.2 Å². The standard InChI is InChI=1S/C19H26N4O4S/c24-21-14-18(27-15-17-6-2-1-3-7-17)16-28(25,26)23-12-10-22(11-13-23)19-8-4-5-9-20-19/h1-9,18,21,24H,10-16H2. The molecule has 1 fully saturated rings. The molecular formula is C19H26N4O4S. The van der Waals surface area contributed by atoms with Crippen molar-refractivity contribution >= 4 is 15.8 Å². The van der Waals surface area contributed by atoms with Gasteiger partial charge in [-0.25, -0.2) is 18.9 Å². The van der Waals surface area contributed by atoms with E-state index < -0.39 is 16.1 Å². The molecule has 1 aliphatic heterocycles. The summed E-state index contributed by atoms with van der Waals surface area (Å²) in [5.41, 5.74) is 2.98. The maximum atomic E-state index is 12.8. The second-order valence-electron chi connectivity index (χ2n) is 6.63. The molecule has 0 bridgehead atoms. The van der Waals surface area contributed by atoms with Crippen LogP contribution in [0, 0.1) is 0 Å². The predicted molar refractivity (Wildman–Crippen MR) is 107 cm³/mol. The highest BCUT2D eigenvalue weighted by molar-refractivity contribution is 7.89. The van der Waals surface area contributed by atoms with Gasteiger partial charge in [0.25, 0.3) is 0 Å². The van der Waals surface area contributed by atoms with Crippen LogP contribution in [0.4, 0.5) is 5.82 Å². The SMILES string of the molecule is O=S(=O)(CC(CNO)OCc1ccccc1)N1CCN(c2ccccn2)CC1. The second kappa shape index (κ2) is 9.94. The highest BCUT2D eigenvalue weighted by atomic mass is 32.2. The van der Waals surface area contributed by atoms with Gasteiger partial charge in [-0.05, 0) is 17.7 Å². The first-order valence-corrected chi connectivity index (χ1v) is 10.9. The zero-order valence-electron chi connectivity index (χ0n) is 15.6.